The van der Waals surface area contributed by atoms with Gasteiger partial charge in [0, 0.05) is 10.2 Å². The van der Waals surface area contributed by atoms with Crippen LogP contribution in [0.4, 0.5) is 10.1 Å². The first-order chi connectivity index (χ1) is 9.88. The zero-order valence-electron chi connectivity index (χ0n) is 11.0. The molecule has 2 N–H and O–H groups in total. The third-order valence-corrected chi connectivity index (χ3v) is 3.39. The number of nitrogens with one attached hydrogen (secondary N) is 1. The number of benzene rings is 2. The number of amides is 1. The number of anilines is 1. The average molecular weight is 352 g/mol. The van der Waals surface area contributed by atoms with Crippen molar-refractivity contribution in [2.24, 2.45) is 0 Å². The van der Waals surface area contributed by atoms with E-state index in [0.717, 1.165) is 0 Å². The van der Waals surface area contributed by atoms with Gasteiger partial charge in [-0.05, 0) is 48.9 Å². The Balaban J connectivity index is 2.27. The van der Waals surface area contributed by atoms with Crippen LogP contribution in [0.5, 0.6) is 0 Å². The quantitative estimate of drug-likeness (QED) is 0.882. The number of halogens is 2. The zero-order valence-corrected chi connectivity index (χ0v) is 12.6. The lowest BCUT2D eigenvalue weighted by Gasteiger charge is -2.10. The highest BCUT2D eigenvalue weighted by molar-refractivity contribution is 9.10. The molecule has 1 amide bonds. The van der Waals surface area contributed by atoms with Crippen LogP contribution in [0.15, 0.2) is 40.9 Å². The van der Waals surface area contributed by atoms with Gasteiger partial charge < -0.3 is 10.4 Å². The Morgan fingerprint density at radius 1 is 1.19 bits per heavy atom. The topological polar surface area (TPSA) is 66.4 Å². The zero-order chi connectivity index (χ0) is 15.6. The molecule has 0 unspecified atom stereocenters. The molecule has 0 bridgehead atoms. The van der Waals surface area contributed by atoms with E-state index in [1.165, 1.54) is 36.4 Å². The minimum Gasteiger partial charge on any atom is -0.478 e. The maximum Gasteiger partial charge on any atom is 0.335 e. The minimum atomic E-state index is -1.05. The van der Waals surface area contributed by atoms with E-state index in [9.17, 15) is 14.0 Å². The van der Waals surface area contributed by atoms with Crippen LogP contribution in [0.2, 0.25) is 0 Å². The van der Waals surface area contributed by atoms with Crippen LogP contribution in [-0.4, -0.2) is 17.0 Å². The maximum atomic E-state index is 13.6. The van der Waals surface area contributed by atoms with Crippen molar-refractivity contribution in [3.63, 3.8) is 0 Å². The summed E-state index contributed by atoms with van der Waals surface area (Å²) in [5.74, 6) is -2.27. The molecule has 108 valence electrons. The van der Waals surface area contributed by atoms with Gasteiger partial charge in [-0.2, -0.15) is 0 Å². The lowest BCUT2D eigenvalue weighted by Crippen LogP contribution is -2.15. The number of aryl methyl sites for hydroxylation is 1. The molecule has 2 rings (SSSR count). The second-order valence-electron chi connectivity index (χ2n) is 4.41. The molecular weight excluding hydrogens is 341 g/mol. The SMILES string of the molecule is Cc1cc(C(=O)O)ccc1NC(=O)c1cc(Br)ccc1F. The van der Waals surface area contributed by atoms with E-state index in [1.54, 1.807) is 6.92 Å². The second kappa shape index (κ2) is 6.05. The van der Waals surface area contributed by atoms with Gasteiger partial charge in [0.05, 0.1) is 11.1 Å². The van der Waals surface area contributed by atoms with Gasteiger partial charge in [0.2, 0.25) is 0 Å². The molecule has 0 aliphatic rings. The molecule has 0 saturated carbocycles. The van der Waals surface area contributed by atoms with Gasteiger partial charge in [-0.15, -0.1) is 0 Å². The number of aromatic carboxylic acids is 1. The predicted octanol–water partition coefficient (Wildman–Crippen LogP) is 3.85. The Labute approximate surface area is 128 Å². The molecule has 0 heterocycles. The number of hydrogen-bond donors (Lipinski definition) is 2. The molecule has 21 heavy (non-hydrogen) atoms. The first kappa shape index (κ1) is 15.2. The van der Waals surface area contributed by atoms with Crippen molar-refractivity contribution in [3.05, 3.63) is 63.4 Å². The van der Waals surface area contributed by atoms with Crippen LogP contribution in [0.1, 0.15) is 26.3 Å². The van der Waals surface area contributed by atoms with Crippen LogP contribution >= 0.6 is 15.9 Å². The highest BCUT2D eigenvalue weighted by Gasteiger charge is 2.14. The molecule has 2 aromatic rings. The van der Waals surface area contributed by atoms with Crippen LogP contribution in [0.3, 0.4) is 0 Å². The van der Waals surface area contributed by atoms with Gasteiger partial charge >= 0.3 is 5.97 Å². The summed E-state index contributed by atoms with van der Waals surface area (Å²) in [4.78, 5) is 22.9. The molecule has 0 atom stereocenters. The molecule has 0 saturated heterocycles. The van der Waals surface area contributed by atoms with Crippen molar-refractivity contribution in [2.45, 2.75) is 6.92 Å². The Hall–Kier alpha value is -2.21. The summed E-state index contributed by atoms with van der Waals surface area (Å²) in [5.41, 5.74) is 1.05. The highest BCUT2D eigenvalue weighted by atomic mass is 79.9. The largest absolute Gasteiger partial charge is 0.478 e. The van der Waals surface area contributed by atoms with Crippen LogP contribution in [-0.2, 0) is 0 Å². The van der Waals surface area contributed by atoms with Gasteiger partial charge in [0.1, 0.15) is 5.82 Å². The monoisotopic (exact) mass is 351 g/mol. The lowest BCUT2D eigenvalue weighted by atomic mass is 10.1. The summed E-state index contributed by atoms with van der Waals surface area (Å²) in [7, 11) is 0. The summed E-state index contributed by atoms with van der Waals surface area (Å²) in [6.07, 6.45) is 0. The molecule has 0 aliphatic carbocycles. The van der Waals surface area contributed by atoms with E-state index in [4.69, 9.17) is 5.11 Å². The minimum absolute atomic E-state index is 0.0916. The van der Waals surface area contributed by atoms with Crippen molar-refractivity contribution >= 4 is 33.5 Å². The van der Waals surface area contributed by atoms with Crippen molar-refractivity contribution in [3.8, 4) is 0 Å². The van der Waals surface area contributed by atoms with Crippen molar-refractivity contribution in [2.75, 3.05) is 5.32 Å². The summed E-state index contributed by atoms with van der Waals surface area (Å²) < 4.78 is 14.2. The molecule has 6 heteroatoms. The molecule has 4 nitrogen and oxygen atoms in total. The number of carbonyl (C=O) groups is 2. The summed E-state index contributed by atoms with van der Waals surface area (Å²) >= 11 is 3.18. The maximum absolute atomic E-state index is 13.6. The van der Waals surface area contributed by atoms with Crippen molar-refractivity contribution < 1.29 is 19.1 Å². The summed E-state index contributed by atoms with van der Waals surface area (Å²) in [5, 5.41) is 11.5. The van der Waals surface area contributed by atoms with Gasteiger partial charge in [-0.1, -0.05) is 15.9 Å². The Bertz CT molecular complexity index is 731. The third kappa shape index (κ3) is 3.46. The fourth-order valence-electron chi connectivity index (χ4n) is 1.80. The molecule has 0 aliphatic heterocycles. The van der Waals surface area contributed by atoms with Gasteiger partial charge in [0.25, 0.3) is 5.91 Å². The molecular formula is C15H11BrFNO3. The summed E-state index contributed by atoms with van der Waals surface area (Å²) in [6.45, 7) is 1.67. The molecule has 0 aromatic heterocycles. The molecule has 0 radical (unpaired) electrons. The standard InChI is InChI=1S/C15H11BrFNO3/c1-8-6-9(15(20)21)2-5-13(8)18-14(19)11-7-10(16)3-4-12(11)17/h2-7H,1H3,(H,18,19)(H,20,21). The predicted molar refractivity (Wildman–Crippen MR) is 80.2 cm³/mol. The van der Waals surface area contributed by atoms with Crippen molar-refractivity contribution in [1.82, 2.24) is 0 Å². The van der Waals surface area contributed by atoms with E-state index in [1.807, 2.05) is 0 Å². The van der Waals surface area contributed by atoms with Crippen LogP contribution in [0.25, 0.3) is 0 Å². The number of rotatable bonds is 3. The fraction of sp³-hybridized carbons (Fsp3) is 0.0667. The third-order valence-electron chi connectivity index (χ3n) is 2.89. The number of hydrogen-bond acceptors (Lipinski definition) is 2. The lowest BCUT2D eigenvalue weighted by molar-refractivity contribution is 0.0696. The average Bonchev–Trinajstić information content (AvgIpc) is 2.43. The van der Waals surface area contributed by atoms with E-state index in [-0.39, 0.29) is 11.1 Å². The Morgan fingerprint density at radius 3 is 2.52 bits per heavy atom. The molecule has 2 aromatic carbocycles. The molecule has 0 fully saturated rings. The van der Waals surface area contributed by atoms with Crippen LogP contribution in [0, 0.1) is 12.7 Å². The summed E-state index contributed by atoms with van der Waals surface area (Å²) in [6, 6.07) is 8.37. The van der Waals surface area contributed by atoms with Gasteiger partial charge in [-0.3, -0.25) is 4.79 Å². The number of carboxylic acid groups (broad SMARTS) is 1. The first-order valence-corrected chi connectivity index (χ1v) is 6.78. The molecule has 0 spiro atoms. The van der Waals surface area contributed by atoms with E-state index in [0.29, 0.717) is 15.7 Å². The Morgan fingerprint density at radius 2 is 1.90 bits per heavy atom. The second-order valence-corrected chi connectivity index (χ2v) is 5.33. The number of carboxylic acids is 1. The van der Waals surface area contributed by atoms with E-state index >= 15 is 0 Å². The van der Waals surface area contributed by atoms with Gasteiger partial charge in [-0.25, -0.2) is 9.18 Å². The van der Waals surface area contributed by atoms with Crippen LogP contribution < -0.4 is 5.32 Å². The van der Waals surface area contributed by atoms with Gasteiger partial charge in [0.15, 0.2) is 0 Å². The first-order valence-electron chi connectivity index (χ1n) is 5.99. The highest BCUT2D eigenvalue weighted by Crippen LogP contribution is 2.20. The van der Waals surface area contributed by atoms with E-state index < -0.39 is 17.7 Å². The fourth-order valence-corrected chi connectivity index (χ4v) is 2.16. The Kier molecular flexibility index (Phi) is 4.37. The van der Waals surface area contributed by atoms with E-state index in [2.05, 4.69) is 21.2 Å². The smallest absolute Gasteiger partial charge is 0.335 e. The number of carbonyl (C=O) groups excluding carboxylic acids is 1. The van der Waals surface area contributed by atoms with Crippen molar-refractivity contribution in [1.29, 1.82) is 0 Å². The normalized spacial score (nSPS) is 10.2.